The normalized spacial score (nSPS) is 10.2. The number of anilines is 2. The SMILES string of the molecule is COC(=O)c1cc(Cl)ccc1NC(=O)CCCCC(=O)Nc1ccc(Cl)cc1. The van der Waals surface area contributed by atoms with Crippen molar-refractivity contribution in [3.63, 3.8) is 0 Å². The van der Waals surface area contributed by atoms with Gasteiger partial charge in [0.05, 0.1) is 18.4 Å². The van der Waals surface area contributed by atoms with E-state index in [2.05, 4.69) is 10.6 Å². The van der Waals surface area contributed by atoms with Crippen molar-refractivity contribution in [3.05, 3.63) is 58.1 Å². The summed E-state index contributed by atoms with van der Waals surface area (Å²) in [7, 11) is 1.25. The highest BCUT2D eigenvalue weighted by atomic mass is 35.5. The summed E-state index contributed by atoms with van der Waals surface area (Å²) in [4.78, 5) is 35.8. The number of benzene rings is 2. The minimum Gasteiger partial charge on any atom is -0.465 e. The van der Waals surface area contributed by atoms with E-state index in [0.717, 1.165) is 0 Å². The third kappa shape index (κ3) is 6.87. The van der Waals surface area contributed by atoms with E-state index in [-0.39, 0.29) is 23.8 Å². The molecule has 2 rings (SSSR count). The molecule has 6 nitrogen and oxygen atoms in total. The third-order valence-corrected chi connectivity index (χ3v) is 4.33. The summed E-state index contributed by atoms with van der Waals surface area (Å²) in [6, 6.07) is 11.4. The smallest absolute Gasteiger partial charge is 0.340 e. The van der Waals surface area contributed by atoms with Crippen molar-refractivity contribution in [1.82, 2.24) is 0 Å². The number of methoxy groups -OCH3 is 1. The minimum atomic E-state index is -0.586. The number of hydrogen-bond donors (Lipinski definition) is 2. The third-order valence-electron chi connectivity index (χ3n) is 3.85. The van der Waals surface area contributed by atoms with Crippen LogP contribution in [-0.2, 0) is 14.3 Å². The van der Waals surface area contributed by atoms with Gasteiger partial charge in [-0.05, 0) is 55.3 Å². The van der Waals surface area contributed by atoms with E-state index in [4.69, 9.17) is 27.9 Å². The fraction of sp³-hybridized carbons (Fsp3) is 0.250. The number of hydrogen-bond acceptors (Lipinski definition) is 4. The number of amides is 2. The highest BCUT2D eigenvalue weighted by molar-refractivity contribution is 6.31. The first-order valence-corrected chi connectivity index (χ1v) is 9.38. The number of carbonyl (C=O) groups excluding carboxylic acids is 3. The van der Waals surface area contributed by atoms with Gasteiger partial charge < -0.3 is 15.4 Å². The summed E-state index contributed by atoms with van der Waals surface area (Å²) in [6.07, 6.45) is 1.60. The first kappa shape index (κ1) is 21.7. The lowest BCUT2D eigenvalue weighted by molar-refractivity contribution is -0.118. The molecule has 0 fully saturated rings. The van der Waals surface area contributed by atoms with Gasteiger partial charge in [-0.25, -0.2) is 4.79 Å². The maximum absolute atomic E-state index is 12.1. The van der Waals surface area contributed by atoms with E-state index in [1.165, 1.54) is 13.2 Å². The maximum Gasteiger partial charge on any atom is 0.340 e. The second-order valence-corrected chi connectivity index (χ2v) is 6.86. The number of carbonyl (C=O) groups is 3. The second kappa shape index (κ2) is 10.7. The summed E-state index contributed by atoms with van der Waals surface area (Å²) in [5.41, 5.74) is 1.19. The van der Waals surface area contributed by atoms with E-state index in [1.807, 2.05) is 0 Å². The zero-order valence-electron chi connectivity index (χ0n) is 15.3. The Balaban J connectivity index is 1.76. The second-order valence-electron chi connectivity index (χ2n) is 5.99. The number of unbranched alkanes of at least 4 members (excludes halogenated alkanes) is 1. The minimum absolute atomic E-state index is 0.131. The molecule has 0 spiro atoms. The Morgan fingerprint density at radius 3 is 2.04 bits per heavy atom. The molecule has 0 heterocycles. The molecule has 8 heteroatoms. The van der Waals surface area contributed by atoms with Gasteiger partial charge in [-0.15, -0.1) is 0 Å². The Hall–Kier alpha value is -2.57. The van der Waals surface area contributed by atoms with Gasteiger partial charge in [0.15, 0.2) is 0 Å². The number of rotatable bonds is 8. The van der Waals surface area contributed by atoms with Crippen LogP contribution in [0.3, 0.4) is 0 Å². The molecule has 2 amide bonds. The highest BCUT2D eigenvalue weighted by Gasteiger charge is 2.14. The number of nitrogens with one attached hydrogen (secondary N) is 2. The first-order valence-electron chi connectivity index (χ1n) is 8.62. The van der Waals surface area contributed by atoms with Gasteiger partial charge >= 0.3 is 5.97 Å². The molecule has 2 aromatic carbocycles. The van der Waals surface area contributed by atoms with Crippen LogP contribution in [-0.4, -0.2) is 24.9 Å². The average Bonchev–Trinajstić information content (AvgIpc) is 2.68. The van der Waals surface area contributed by atoms with Crippen LogP contribution in [0.15, 0.2) is 42.5 Å². The molecule has 0 atom stereocenters. The lowest BCUT2D eigenvalue weighted by Crippen LogP contribution is -2.15. The van der Waals surface area contributed by atoms with E-state index in [1.54, 1.807) is 36.4 Å². The van der Waals surface area contributed by atoms with Gasteiger partial charge in [0.1, 0.15) is 0 Å². The molecule has 0 aromatic heterocycles. The predicted octanol–water partition coefficient (Wildman–Crippen LogP) is 4.92. The molecule has 0 saturated heterocycles. The number of ether oxygens (including phenoxy) is 1. The molecule has 0 unspecified atom stereocenters. The molecule has 148 valence electrons. The fourth-order valence-corrected chi connectivity index (χ4v) is 2.74. The Morgan fingerprint density at radius 1 is 0.857 bits per heavy atom. The van der Waals surface area contributed by atoms with Crippen LogP contribution in [0.2, 0.25) is 10.0 Å². The Labute approximate surface area is 173 Å². The molecule has 0 radical (unpaired) electrons. The largest absolute Gasteiger partial charge is 0.465 e. The molecule has 2 N–H and O–H groups in total. The molecule has 0 aliphatic heterocycles. The van der Waals surface area contributed by atoms with Gasteiger partial charge in [-0.2, -0.15) is 0 Å². The van der Waals surface area contributed by atoms with Gasteiger partial charge in [0, 0.05) is 28.6 Å². The Morgan fingerprint density at radius 2 is 1.43 bits per heavy atom. The van der Waals surface area contributed by atoms with Crippen LogP contribution < -0.4 is 10.6 Å². The topological polar surface area (TPSA) is 84.5 Å². The molecule has 28 heavy (non-hydrogen) atoms. The van der Waals surface area contributed by atoms with Crippen LogP contribution in [0.1, 0.15) is 36.0 Å². The standard InChI is InChI=1S/C20H20Cl2N2O4/c1-28-20(27)16-12-14(22)8-11-17(16)24-19(26)5-3-2-4-18(25)23-15-9-6-13(21)7-10-15/h6-12H,2-5H2,1H3,(H,23,25)(H,24,26). The van der Waals surface area contributed by atoms with Crippen LogP contribution in [0.25, 0.3) is 0 Å². The zero-order chi connectivity index (χ0) is 20.5. The van der Waals surface area contributed by atoms with Crippen molar-refractivity contribution < 1.29 is 19.1 Å². The van der Waals surface area contributed by atoms with Crippen LogP contribution >= 0.6 is 23.2 Å². The van der Waals surface area contributed by atoms with E-state index < -0.39 is 5.97 Å². The Kier molecular flexibility index (Phi) is 8.29. The predicted molar refractivity (Wildman–Crippen MR) is 110 cm³/mol. The molecule has 0 aliphatic rings. The van der Waals surface area contributed by atoms with E-state index in [0.29, 0.717) is 40.7 Å². The summed E-state index contributed by atoms with van der Waals surface area (Å²) >= 11 is 11.7. The van der Waals surface area contributed by atoms with Crippen LogP contribution in [0, 0.1) is 0 Å². The van der Waals surface area contributed by atoms with Crippen molar-refractivity contribution in [2.45, 2.75) is 25.7 Å². The van der Waals surface area contributed by atoms with Crippen molar-refractivity contribution in [3.8, 4) is 0 Å². The summed E-state index contributed by atoms with van der Waals surface area (Å²) in [5.74, 6) is -0.976. The molecular weight excluding hydrogens is 403 g/mol. The lowest BCUT2D eigenvalue weighted by Gasteiger charge is -2.10. The first-order chi connectivity index (χ1) is 13.4. The summed E-state index contributed by atoms with van der Waals surface area (Å²) in [5, 5.41) is 6.40. The van der Waals surface area contributed by atoms with Gasteiger partial charge in [-0.3, -0.25) is 9.59 Å². The fourth-order valence-electron chi connectivity index (χ4n) is 2.44. The van der Waals surface area contributed by atoms with Gasteiger partial charge in [-0.1, -0.05) is 23.2 Å². The van der Waals surface area contributed by atoms with Crippen LogP contribution in [0.4, 0.5) is 11.4 Å². The zero-order valence-corrected chi connectivity index (χ0v) is 16.8. The van der Waals surface area contributed by atoms with Gasteiger partial charge in [0.2, 0.25) is 11.8 Å². The molecule has 0 aliphatic carbocycles. The molecule has 0 saturated carbocycles. The van der Waals surface area contributed by atoms with Crippen molar-refractivity contribution >= 4 is 52.4 Å². The Bertz CT molecular complexity index is 854. The highest BCUT2D eigenvalue weighted by Crippen LogP contribution is 2.22. The van der Waals surface area contributed by atoms with Gasteiger partial charge in [0.25, 0.3) is 0 Å². The summed E-state index contributed by atoms with van der Waals surface area (Å²) < 4.78 is 4.69. The van der Waals surface area contributed by atoms with Crippen molar-refractivity contribution in [1.29, 1.82) is 0 Å². The van der Waals surface area contributed by atoms with E-state index >= 15 is 0 Å². The molecular formula is C20H20Cl2N2O4. The maximum atomic E-state index is 12.1. The van der Waals surface area contributed by atoms with Crippen molar-refractivity contribution in [2.24, 2.45) is 0 Å². The summed E-state index contributed by atoms with van der Waals surface area (Å²) in [6.45, 7) is 0. The van der Waals surface area contributed by atoms with Crippen LogP contribution in [0.5, 0.6) is 0 Å². The quantitative estimate of drug-likeness (QED) is 0.467. The van der Waals surface area contributed by atoms with E-state index in [9.17, 15) is 14.4 Å². The number of halogens is 2. The lowest BCUT2D eigenvalue weighted by atomic mass is 10.1. The monoisotopic (exact) mass is 422 g/mol. The van der Waals surface area contributed by atoms with Crippen molar-refractivity contribution in [2.75, 3.05) is 17.7 Å². The molecule has 2 aromatic rings. The molecule has 0 bridgehead atoms. The average molecular weight is 423 g/mol. The number of esters is 1.